The number of rotatable bonds is 10. The van der Waals surface area contributed by atoms with E-state index in [2.05, 4.69) is 15.4 Å². The van der Waals surface area contributed by atoms with Gasteiger partial charge in [-0.05, 0) is 87.0 Å². The molecule has 0 spiro atoms. The Labute approximate surface area is 292 Å². The molecule has 13 nitrogen and oxygen atoms in total. The number of aryl methyl sites for hydroxylation is 1. The van der Waals surface area contributed by atoms with E-state index < -0.39 is 41.0 Å². The standard InChI is InChI=1S/C35H49FN6O7S/c1-40-29-14-13-26(19-25(29)20-30(40)32(43)39-50(48,49)41-16-5-6-17-41)37-33(44)31-27(22-7-3-2-4-8-22)15-18-42(31)34(45)24-11-9-23(10-12-24)28(21-36)38-35(46)47/h13-14,19-20,22-24,27-28,31,38H,2-12,15-18,21H2,1H3,(H,37,44)(H,39,43)(H,46,47)/t23?,24?,27-,28+,31-/m0/s1. The Kier molecular flexibility index (Phi) is 11.0. The van der Waals surface area contributed by atoms with Gasteiger partial charge in [-0.1, -0.05) is 32.1 Å². The molecular weight excluding hydrogens is 667 g/mol. The fourth-order valence-electron chi connectivity index (χ4n) is 8.92. The first-order valence-electron chi connectivity index (χ1n) is 18.0. The second-order valence-corrected chi connectivity index (χ2v) is 16.2. The number of nitrogens with zero attached hydrogens (tertiary/aromatic N) is 3. The molecule has 50 heavy (non-hydrogen) atoms. The van der Waals surface area contributed by atoms with Crippen molar-refractivity contribution in [2.24, 2.45) is 30.7 Å². The molecule has 3 heterocycles. The highest BCUT2D eigenvalue weighted by Gasteiger charge is 2.47. The van der Waals surface area contributed by atoms with Gasteiger partial charge in [0.2, 0.25) is 11.8 Å². The van der Waals surface area contributed by atoms with Crippen LogP contribution in [-0.2, 0) is 26.8 Å². The van der Waals surface area contributed by atoms with Gasteiger partial charge in [0.05, 0.1) is 6.04 Å². The van der Waals surface area contributed by atoms with Gasteiger partial charge in [-0.15, -0.1) is 0 Å². The molecule has 3 atom stereocenters. The predicted octanol–water partition coefficient (Wildman–Crippen LogP) is 4.40. The number of benzene rings is 1. The van der Waals surface area contributed by atoms with E-state index in [0.29, 0.717) is 67.8 Å². The summed E-state index contributed by atoms with van der Waals surface area (Å²) in [5.41, 5.74) is 1.37. The molecule has 1 aromatic carbocycles. The largest absolute Gasteiger partial charge is 0.465 e. The van der Waals surface area contributed by atoms with Gasteiger partial charge in [0.1, 0.15) is 18.4 Å². The van der Waals surface area contributed by atoms with Crippen molar-refractivity contribution in [1.29, 1.82) is 0 Å². The van der Waals surface area contributed by atoms with Crippen LogP contribution in [0.4, 0.5) is 14.9 Å². The molecule has 4 fully saturated rings. The van der Waals surface area contributed by atoms with Crippen LogP contribution >= 0.6 is 0 Å². The number of amides is 4. The Hall–Kier alpha value is -3.72. The summed E-state index contributed by atoms with van der Waals surface area (Å²) in [4.78, 5) is 54.2. The Morgan fingerprint density at radius 3 is 2.28 bits per heavy atom. The summed E-state index contributed by atoms with van der Waals surface area (Å²) in [5.74, 6) is -1.17. The van der Waals surface area contributed by atoms with E-state index in [1.165, 1.54) is 10.7 Å². The lowest BCUT2D eigenvalue weighted by Crippen LogP contribution is -2.50. The second-order valence-electron chi connectivity index (χ2n) is 14.5. The molecule has 4 amide bonds. The molecule has 2 saturated heterocycles. The molecule has 2 aliphatic heterocycles. The number of likely N-dealkylation sites (tertiary alicyclic amines) is 1. The Morgan fingerprint density at radius 1 is 0.920 bits per heavy atom. The monoisotopic (exact) mass is 716 g/mol. The number of carbonyl (C=O) groups is 4. The molecule has 2 saturated carbocycles. The highest BCUT2D eigenvalue weighted by atomic mass is 32.2. The van der Waals surface area contributed by atoms with Crippen molar-refractivity contribution in [2.45, 2.75) is 89.1 Å². The maximum Gasteiger partial charge on any atom is 0.404 e. The molecule has 0 radical (unpaired) electrons. The molecule has 0 bridgehead atoms. The van der Waals surface area contributed by atoms with Crippen LogP contribution < -0.4 is 15.4 Å². The number of hydrogen-bond acceptors (Lipinski definition) is 6. The van der Waals surface area contributed by atoms with E-state index in [4.69, 9.17) is 5.11 Å². The normalized spacial score (nSPS) is 25.8. The minimum absolute atomic E-state index is 0.0274. The van der Waals surface area contributed by atoms with Crippen LogP contribution in [-0.4, -0.2) is 89.5 Å². The first-order valence-corrected chi connectivity index (χ1v) is 19.5. The zero-order valence-corrected chi connectivity index (χ0v) is 29.4. The van der Waals surface area contributed by atoms with Crippen molar-refractivity contribution in [1.82, 2.24) is 23.8 Å². The lowest BCUT2D eigenvalue weighted by atomic mass is 9.76. The van der Waals surface area contributed by atoms with Gasteiger partial charge in [0, 0.05) is 49.2 Å². The summed E-state index contributed by atoms with van der Waals surface area (Å²) in [6.45, 7) is 0.445. The van der Waals surface area contributed by atoms with E-state index in [-0.39, 0.29) is 35.3 Å². The Balaban J connectivity index is 1.17. The van der Waals surface area contributed by atoms with Crippen LogP contribution in [0.2, 0.25) is 0 Å². The van der Waals surface area contributed by atoms with Crippen molar-refractivity contribution in [3.63, 3.8) is 0 Å². The highest BCUT2D eigenvalue weighted by Crippen LogP contribution is 2.41. The van der Waals surface area contributed by atoms with E-state index in [1.807, 2.05) is 0 Å². The molecule has 2 aliphatic carbocycles. The van der Waals surface area contributed by atoms with E-state index in [1.54, 1.807) is 40.8 Å². The first kappa shape index (κ1) is 36.1. The zero-order chi connectivity index (χ0) is 35.6. The topological polar surface area (TPSA) is 170 Å². The smallest absolute Gasteiger partial charge is 0.404 e. The molecule has 274 valence electrons. The van der Waals surface area contributed by atoms with Gasteiger partial charge in [0.15, 0.2) is 0 Å². The highest BCUT2D eigenvalue weighted by molar-refractivity contribution is 7.87. The van der Waals surface area contributed by atoms with Crippen LogP contribution in [0.5, 0.6) is 0 Å². The summed E-state index contributed by atoms with van der Waals surface area (Å²) in [7, 11) is -2.27. The van der Waals surface area contributed by atoms with Crippen LogP contribution in [0, 0.1) is 23.7 Å². The molecule has 15 heteroatoms. The molecule has 4 N–H and O–H groups in total. The minimum Gasteiger partial charge on any atom is -0.465 e. The zero-order valence-electron chi connectivity index (χ0n) is 28.6. The summed E-state index contributed by atoms with van der Waals surface area (Å²) >= 11 is 0. The molecule has 6 rings (SSSR count). The Morgan fingerprint density at radius 2 is 1.62 bits per heavy atom. The average molecular weight is 717 g/mol. The van der Waals surface area contributed by atoms with Crippen LogP contribution in [0.3, 0.4) is 0 Å². The molecule has 1 aromatic heterocycles. The van der Waals surface area contributed by atoms with E-state index in [0.717, 1.165) is 44.9 Å². The van der Waals surface area contributed by atoms with E-state index >= 15 is 0 Å². The summed E-state index contributed by atoms with van der Waals surface area (Å²) < 4.78 is 44.1. The van der Waals surface area contributed by atoms with Gasteiger partial charge < -0.3 is 25.2 Å². The van der Waals surface area contributed by atoms with Gasteiger partial charge in [-0.2, -0.15) is 12.7 Å². The number of fused-ring (bicyclic) bond motifs is 1. The van der Waals surface area contributed by atoms with Crippen LogP contribution in [0.1, 0.15) is 87.5 Å². The molecule has 0 unspecified atom stereocenters. The number of carboxylic acid groups (broad SMARTS) is 1. The van der Waals surface area contributed by atoms with Crippen LogP contribution in [0.15, 0.2) is 24.3 Å². The fraction of sp³-hybridized carbons (Fsp3) is 0.657. The third-order valence-corrected chi connectivity index (χ3v) is 13.1. The first-order chi connectivity index (χ1) is 24.0. The fourth-order valence-corrected chi connectivity index (χ4v) is 10.1. The summed E-state index contributed by atoms with van der Waals surface area (Å²) in [6.07, 6.45) is 8.51. The average Bonchev–Trinajstić information content (AvgIpc) is 3.87. The maximum atomic E-state index is 14.2. The van der Waals surface area contributed by atoms with Gasteiger partial charge >= 0.3 is 16.3 Å². The summed E-state index contributed by atoms with van der Waals surface area (Å²) in [6, 6.07) is 5.44. The number of alkyl halides is 1. The maximum absolute atomic E-state index is 14.2. The molecule has 2 aromatic rings. The number of aromatic nitrogens is 1. The van der Waals surface area contributed by atoms with Crippen molar-refractivity contribution in [3.05, 3.63) is 30.0 Å². The molecular formula is C35H49FN6O7S. The number of carbonyl (C=O) groups excluding carboxylic acids is 3. The lowest BCUT2D eigenvalue weighted by Gasteiger charge is -2.37. The van der Waals surface area contributed by atoms with Gasteiger partial charge in [-0.3, -0.25) is 14.4 Å². The van der Waals surface area contributed by atoms with Gasteiger partial charge in [0.25, 0.3) is 5.91 Å². The SMILES string of the molecule is Cn1c(C(=O)NS(=O)(=O)N2CCCC2)cc2cc(NC(=O)[C@@H]3[C@H](C4CCCCC4)CCN3C(=O)C3CCC([C@@H](CF)NC(=O)O)CC3)ccc21. The lowest BCUT2D eigenvalue weighted by molar-refractivity contribution is -0.142. The van der Waals surface area contributed by atoms with Gasteiger partial charge in [-0.25, -0.2) is 13.9 Å². The predicted molar refractivity (Wildman–Crippen MR) is 185 cm³/mol. The minimum atomic E-state index is -3.95. The van der Waals surface area contributed by atoms with Crippen LogP contribution in [0.25, 0.3) is 10.9 Å². The van der Waals surface area contributed by atoms with Crippen molar-refractivity contribution < 1.29 is 37.1 Å². The summed E-state index contributed by atoms with van der Waals surface area (Å²) in [5, 5.41) is 15.1. The number of halogens is 1. The number of anilines is 1. The second kappa shape index (κ2) is 15.3. The molecule has 4 aliphatic rings. The quantitative estimate of drug-likeness (QED) is 0.283. The number of hydrogen-bond donors (Lipinski definition) is 4. The number of nitrogens with one attached hydrogen (secondary N) is 3. The van der Waals surface area contributed by atoms with Crippen molar-refractivity contribution in [2.75, 3.05) is 31.6 Å². The Bertz CT molecular complexity index is 1700. The third kappa shape index (κ3) is 7.63. The van der Waals surface area contributed by atoms with Crippen molar-refractivity contribution >= 4 is 50.6 Å². The third-order valence-electron chi connectivity index (χ3n) is 11.6. The van der Waals surface area contributed by atoms with Crippen molar-refractivity contribution in [3.8, 4) is 0 Å². The van der Waals surface area contributed by atoms with E-state index in [9.17, 15) is 32.0 Å².